The molecule has 0 radical (unpaired) electrons. The Bertz CT molecular complexity index is 1010. The summed E-state index contributed by atoms with van der Waals surface area (Å²) in [6, 6.07) is 9.66. The largest absolute Gasteiger partial charge is 0.493 e. The summed E-state index contributed by atoms with van der Waals surface area (Å²) in [6.45, 7) is 6.00. The molecule has 2 atom stereocenters. The monoisotopic (exact) mass is 508 g/mol. The Morgan fingerprint density at radius 2 is 2.00 bits per heavy atom. The second-order valence-electron chi connectivity index (χ2n) is 6.74. The number of carbonyl (C=O) groups excluding carboxylic acids is 2. The number of methoxy groups -OCH3 is 1. The smallest absolute Gasteiger partial charge is 0.319 e. The molecule has 7 nitrogen and oxygen atoms in total. The van der Waals surface area contributed by atoms with Gasteiger partial charge in [0.1, 0.15) is 12.5 Å². The van der Waals surface area contributed by atoms with E-state index in [9.17, 15) is 9.59 Å². The van der Waals surface area contributed by atoms with Gasteiger partial charge in [0.15, 0.2) is 11.5 Å². The van der Waals surface area contributed by atoms with Crippen molar-refractivity contribution in [2.24, 2.45) is 5.92 Å². The first-order valence-electron chi connectivity index (χ1n) is 9.52. The Balaban J connectivity index is 1.93. The van der Waals surface area contributed by atoms with E-state index in [-0.39, 0.29) is 18.9 Å². The van der Waals surface area contributed by atoms with Crippen molar-refractivity contribution in [3.8, 4) is 11.5 Å². The number of carbonyl (C=O) groups is 2. The number of amides is 2. The average Bonchev–Trinajstić information content (AvgIpc) is 2.72. The number of hydrogen-bond donors (Lipinski definition) is 2. The van der Waals surface area contributed by atoms with E-state index in [1.54, 1.807) is 25.1 Å². The summed E-state index contributed by atoms with van der Waals surface area (Å²) in [4.78, 5) is 24.7. The molecule has 1 aliphatic heterocycles. The number of halogens is 2. The quantitative estimate of drug-likeness (QED) is 0.527. The van der Waals surface area contributed by atoms with Gasteiger partial charge in [-0.2, -0.15) is 0 Å². The van der Waals surface area contributed by atoms with Gasteiger partial charge >= 0.3 is 12.0 Å². The van der Waals surface area contributed by atoms with E-state index >= 15 is 0 Å². The van der Waals surface area contributed by atoms with Crippen molar-refractivity contribution in [1.29, 1.82) is 0 Å². The lowest BCUT2D eigenvalue weighted by Gasteiger charge is -2.34. The van der Waals surface area contributed by atoms with E-state index in [2.05, 4.69) is 33.1 Å². The van der Waals surface area contributed by atoms with Crippen LogP contribution in [0, 0.1) is 5.92 Å². The van der Waals surface area contributed by atoms with Gasteiger partial charge in [0.05, 0.1) is 19.8 Å². The zero-order valence-electron chi connectivity index (χ0n) is 17.0. The molecule has 0 spiro atoms. The van der Waals surface area contributed by atoms with Crippen molar-refractivity contribution in [2.75, 3.05) is 13.7 Å². The van der Waals surface area contributed by atoms with Gasteiger partial charge in [-0.15, -0.1) is 0 Å². The van der Waals surface area contributed by atoms with Crippen molar-refractivity contribution in [2.45, 2.75) is 19.6 Å². The van der Waals surface area contributed by atoms with E-state index in [1.165, 1.54) is 7.11 Å². The summed E-state index contributed by atoms with van der Waals surface area (Å²) in [6.07, 6.45) is 0. The number of rotatable bonds is 7. The van der Waals surface area contributed by atoms with Crippen LogP contribution in [0.3, 0.4) is 0 Å². The lowest BCUT2D eigenvalue weighted by molar-refractivity contribution is -0.147. The molecule has 2 N–H and O–H groups in total. The van der Waals surface area contributed by atoms with Gasteiger partial charge in [-0.3, -0.25) is 4.79 Å². The summed E-state index contributed by atoms with van der Waals surface area (Å²) >= 11 is 9.73. The number of ether oxygens (including phenoxy) is 3. The van der Waals surface area contributed by atoms with Crippen molar-refractivity contribution in [1.82, 2.24) is 10.6 Å². The van der Waals surface area contributed by atoms with Crippen LogP contribution in [-0.4, -0.2) is 25.7 Å². The summed E-state index contributed by atoms with van der Waals surface area (Å²) in [7, 11) is 1.51. The minimum Gasteiger partial charge on any atom is -0.493 e. The van der Waals surface area contributed by atoms with Crippen LogP contribution in [0.15, 0.2) is 53.1 Å². The predicted octanol–water partition coefficient (Wildman–Crippen LogP) is 4.74. The first-order chi connectivity index (χ1) is 14.8. The third-order valence-corrected chi connectivity index (χ3v) is 5.82. The van der Waals surface area contributed by atoms with Gasteiger partial charge < -0.3 is 24.8 Å². The Morgan fingerprint density at radius 3 is 2.68 bits per heavy atom. The molecule has 31 heavy (non-hydrogen) atoms. The molecular weight excluding hydrogens is 488 g/mol. The van der Waals surface area contributed by atoms with E-state index in [4.69, 9.17) is 25.8 Å². The summed E-state index contributed by atoms with van der Waals surface area (Å²) in [5, 5.41) is 5.92. The van der Waals surface area contributed by atoms with Gasteiger partial charge in [-0.05, 0) is 30.7 Å². The molecule has 0 bridgehead atoms. The Kier molecular flexibility index (Phi) is 7.46. The van der Waals surface area contributed by atoms with E-state index < -0.39 is 24.0 Å². The molecule has 2 amide bonds. The van der Waals surface area contributed by atoms with Gasteiger partial charge in [0.25, 0.3) is 0 Å². The fourth-order valence-electron chi connectivity index (χ4n) is 3.29. The normalized spacial score (nSPS) is 18.1. The van der Waals surface area contributed by atoms with Crippen molar-refractivity contribution in [3.05, 3.63) is 69.3 Å². The highest BCUT2D eigenvalue weighted by atomic mass is 79.9. The molecule has 2 aromatic carbocycles. The van der Waals surface area contributed by atoms with Gasteiger partial charge in [0.2, 0.25) is 0 Å². The third-order valence-electron chi connectivity index (χ3n) is 4.77. The zero-order valence-corrected chi connectivity index (χ0v) is 19.4. The molecule has 2 aromatic rings. The third kappa shape index (κ3) is 5.14. The molecule has 164 valence electrons. The van der Waals surface area contributed by atoms with Crippen LogP contribution >= 0.6 is 27.5 Å². The highest BCUT2D eigenvalue weighted by molar-refractivity contribution is 9.10. The topological polar surface area (TPSA) is 85.9 Å². The van der Waals surface area contributed by atoms with Crippen LogP contribution in [0.5, 0.6) is 11.5 Å². The SMILES string of the molecule is C=C1NC(=O)NC(c2cc(OC)c(OCc3ccccc3Cl)cc2Br)C1C(=O)OCC. The molecule has 0 saturated carbocycles. The van der Waals surface area contributed by atoms with Crippen LogP contribution in [-0.2, 0) is 16.1 Å². The van der Waals surface area contributed by atoms with Gasteiger partial charge in [-0.25, -0.2) is 4.79 Å². The Hall–Kier alpha value is -2.71. The van der Waals surface area contributed by atoms with Crippen LogP contribution in [0.2, 0.25) is 5.02 Å². The first kappa shape index (κ1) is 23.0. The van der Waals surface area contributed by atoms with Crippen LogP contribution in [0.1, 0.15) is 24.1 Å². The lowest BCUT2D eigenvalue weighted by atomic mass is 9.89. The first-order valence-corrected chi connectivity index (χ1v) is 10.7. The van der Waals surface area contributed by atoms with Crippen molar-refractivity contribution < 1.29 is 23.8 Å². The second kappa shape index (κ2) is 10.1. The van der Waals surface area contributed by atoms with Crippen molar-refractivity contribution >= 4 is 39.5 Å². The minimum atomic E-state index is -0.812. The number of urea groups is 1. The van der Waals surface area contributed by atoms with E-state index in [0.717, 1.165) is 5.56 Å². The second-order valence-corrected chi connectivity index (χ2v) is 8.00. The molecule has 0 aliphatic carbocycles. The maximum Gasteiger partial charge on any atom is 0.319 e. The molecule has 2 unspecified atom stereocenters. The van der Waals surface area contributed by atoms with Crippen molar-refractivity contribution in [3.63, 3.8) is 0 Å². The lowest BCUT2D eigenvalue weighted by Crippen LogP contribution is -2.51. The molecule has 1 saturated heterocycles. The highest BCUT2D eigenvalue weighted by Crippen LogP contribution is 2.41. The molecule has 9 heteroatoms. The fraction of sp³-hybridized carbons (Fsp3) is 0.273. The zero-order chi connectivity index (χ0) is 22.5. The summed E-state index contributed by atoms with van der Waals surface area (Å²) in [5.41, 5.74) is 1.71. The van der Waals surface area contributed by atoms with Gasteiger partial charge in [-0.1, -0.05) is 52.3 Å². The van der Waals surface area contributed by atoms with E-state index in [1.807, 2.05) is 18.2 Å². The maximum atomic E-state index is 12.6. The maximum absolute atomic E-state index is 12.6. The van der Waals surface area contributed by atoms with Crippen LogP contribution < -0.4 is 20.1 Å². The average molecular weight is 510 g/mol. The highest BCUT2D eigenvalue weighted by Gasteiger charge is 2.40. The fourth-order valence-corrected chi connectivity index (χ4v) is 4.04. The summed E-state index contributed by atoms with van der Waals surface area (Å²) < 4.78 is 17.2. The molecule has 1 heterocycles. The summed E-state index contributed by atoms with van der Waals surface area (Å²) in [5.74, 6) is -0.389. The molecule has 3 rings (SSSR count). The van der Waals surface area contributed by atoms with Gasteiger partial charge in [0, 0.05) is 20.8 Å². The Labute approximate surface area is 193 Å². The number of nitrogens with one attached hydrogen (secondary N) is 2. The van der Waals surface area contributed by atoms with Crippen LogP contribution in [0.4, 0.5) is 4.79 Å². The number of hydrogen-bond acceptors (Lipinski definition) is 5. The van der Waals surface area contributed by atoms with Crippen LogP contribution in [0.25, 0.3) is 0 Å². The molecular formula is C22H22BrClN2O5. The predicted molar refractivity (Wildman–Crippen MR) is 120 cm³/mol. The number of esters is 1. The minimum absolute atomic E-state index is 0.211. The molecule has 1 fully saturated rings. The molecule has 1 aliphatic rings. The standard InChI is InChI=1S/C22H22BrClN2O5/c1-4-30-21(27)19-12(2)25-22(28)26-20(19)14-9-17(29-3)18(10-15(14)23)31-11-13-7-5-6-8-16(13)24/h5-10,19-20H,2,4,11H2,1,3H3,(H2,25,26,28). The number of benzene rings is 2. The van der Waals surface area contributed by atoms with E-state index in [0.29, 0.717) is 26.6 Å². The Morgan fingerprint density at radius 1 is 1.26 bits per heavy atom. The molecule has 0 aromatic heterocycles.